The van der Waals surface area contributed by atoms with E-state index in [1.807, 2.05) is 0 Å². The highest BCUT2D eigenvalue weighted by Crippen LogP contribution is 2.07. The Labute approximate surface area is 88.7 Å². The molecule has 15 heavy (non-hydrogen) atoms. The smallest absolute Gasteiger partial charge is 0.255 e. The number of nitrogens with one attached hydrogen (secondary N) is 1. The van der Waals surface area contributed by atoms with Crippen LogP contribution in [-0.4, -0.2) is 17.1 Å². The van der Waals surface area contributed by atoms with Crippen molar-refractivity contribution < 1.29 is 4.74 Å². The summed E-state index contributed by atoms with van der Waals surface area (Å²) < 4.78 is 4.99. The summed E-state index contributed by atoms with van der Waals surface area (Å²) in [7, 11) is 1.57. The van der Waals surface area contributed by atoms with Gasteiger partial charge in [-0.05, 0) is 12.8 Å². The Kier molecular flexibility index (Phi) is 4.30. The van der Waals surface area contributed by atoms with Crippen LogP contribution < -0.4 is 11.3 Å². The molecule has 84 valence electrons. The van der Waals surface area contributed by atoms with Gasteiger partial charge in [0.2, 0.25) is 5.95 Å². The number of anilines is 1. The Hall–Kier alpha value is -1.36. The summed E-state index contributed by atoms with van der Waals surface area (Å²) in [6.45, 7) is 2.40. The second-order valence-electron chi connectivity index (χ2n) is 3.41. The topological polar surface area (TPSA) is 81.0 Å². The van der Waals surface area contributed by atoms with Crippen LogP contribution in [0.2, 0.25) is 0 Å². The lowest BCUT2D eigenvalue weighted by Gasteiger charge is -2.07. The first-order valence-electron chi connectivity index (χ1n) is 5.05. The van der Waals surface area contributed by atoms with Crippen LogP contribution in [0.25, 0.3) is 0 Å². The molecule has 0 spiro atoms. The number of hydrogen-bond acceptors (Lipinski definition) is 4. The molecule has 1 aromatic rings. The van der Waals surface area contributed by atoms with Crippen LogP contribution in [0.5, 0.6) is 0 Å². The van der Waals surface area contributed by atoms with Crippen LogP contribution in [0.1, 0.15) is 31.0 Å². The number of nitrogens with zero attached hydrogens (tertiary/aromatic N) is 1. The van der Waals surface area contributed by atoms with Gasteiger partial charge >= 0.3 is 0 Å². The van der Waals surface area contributed by atoms with E-state index in [9.17, 15) is 4.79 Å². The Bertz CT molecular complexity index is 373. The fourth-order valence-electron chi connectivity index (χ4n) is 1.43. The zero-order valence-electron chi connectivity index (χ0n) is 9.17. The first-order chi connectivity index (χ1) is 7.19. The van der Waals surface area contributed by atoms with Gasteiger partial charge in [-0.3, -0.25) is 9.78 Å². The number of nitrogens with two attached hydrogens (primary N) is 1. The van der Waals surface area contributed by atoms with Gasteiger partial charge in [0.25, 0.3) is 5.56 Å². The van der Waals surface area contributed by atoms with Crippen molar-refractivity contribution in [3.05, 3.63) is 21.6 Å². The molecule has 0 fully saturated rings. The number of nitrogen functional groups attached to an aromatic ring is 1. The molecule has 0 bridgehead atoms. The molecule has 1 heterocycles. The average molecular weight is 211 g/mol. The second-order valence-corrected chi connectivity index (χ2v) is 3.41. The monoisotopic (exact) mass is 211 g/mol. The Morgan fingerprint density at radius 2 is 2.27 bits per heavy atom. The lowest BCUT2D eigenvalue weighted by molar-refractivity contribution is 0.180. The summed E-state index contributed by atoms with van der Waals surface area (Å²) in [6.07, 6.45) is 2.72. The van der Waals surface area contributed by atoms with Gasteiger partial charge in [0.15, 0.2) is 0 Å². The van der Waals surface area contributed by atoms with Crippen molar-refractivity contribution in [3.8, 4) is 0 Å². The third kappa shape index (κ3) is 3.06. The van der Waals surface area contributed by atoms with E-state index in [0.29, 0.717) is 17.9 Å². The van der Waals surface area contributed by atoms with Gasteiger partial charge < -0.3 is 10.5 Å². The maximum Gasteiger partial charge on any atom is 0.255 e. The Morgan fingerprint density at radius 1 is 1.53 bits per heavy atom. The first-order valence-corrected chi connectivity index (χ1v) is 5.05. The molecule has 0 aliphatic carbocycles. The summed E-state index contributed by atoms with van der Waals surface area (Å²) in [6, 6.07) is 0. The number of hydrogen-bond donors (Lipinski definition) is 2. The van der Waals surface area contributed by atoms with Gasteiger partial charge in [-0.25, -0.2) is 4.98 Å². The molecular formula is C10H17N3O2. The molecule has 0 saturated heterocycles. The van der Waals surface area contributed by atoms with Crippen molar-refractivity contribution >= 4 is 5.95 Å². The molecular weight excluding hydrogens is 194 g/mol. The van der Waals surface area contributed by atoms with Crippen LogP contribution in [0.15, 0.2) is 4.79 Å². The lowest BCUT2D eigenvalue weighted by Crippen LogP contribution is -2.20. The van der Waals surface area contributed by atoms with E-state index in [-0.39, 0.29) is 11.5 Å². The molecule has 0 aliphatic heterocycles. The molecule has 0 atom stereocenters. The third-order valence-electron chi connectivity index (χ3n) is 2.18. The van der Waals surface area contributed by atoms with Crippen molar-refractivity contribution in [2.24, 2.45) is 0 Å². The van der Waals surface area contributed by atoms with E-state index in [2.05, 4.69) is 16.9 Å². The van der Waals surface area contributed by atoms with Crippen molar-refractivity contribution in [2.75, 3.05) is 12.8 Å². The van der Waals surface area contributed by atoms with Crippen LogP contribution >= 0.6 is 0 Å². The molecule has 0 amide bonds. The molecule has 0 aliphatic rings. The average Bonchev–Trinajstić information content (AvgIpc) is 2.17. The number of ether oxygens (including phenoxy) is 1. The van der Waals surface area contributed by atoms with E-state index in [0.717, 1.165) is 19.3 Å². The van der Waals surface area contributed by atoms with E-state index >= 15 is 0 Å². The number of aromatic amines is 1. The van der Waals surface area contributed by atoms with E-state index < -0.39 is 0 Å². The zero-order chi connectivity index (χ0) is 11.3. The van der Waals surface area contributed by atoms with Crippen molar-refractivity contribution in [3.63, 3.8) is 0 Å². The predicted octanol–water partition coefficient (Wildman–Crippen LogP) is 0.841. The zero-order valence-corrected chi connectivity index (χ0v) is 9.17. The summed E-state index contributed by atoms with van der Waals surface area (Å²) >= 11 is 0. The van der Waals surface area contributed by atoms with Crippen LogP contribution in [0, 0.1) is 0 Å². The number of aromatic nitrogens is 2. The maximum absolute atomic E-state index is 11.6. The number of unbranched alkanes of at least 4 members (excludes halogenated alkanes) is 1. The largest absolute Gasteiger partial charge is 0.378 e. The molecule has 0 unspecified atom stereocenters. The molecule has 1 rings (SSSR count). The summed E-state index contributed by atoms with van der Waals surface area (Å²) in [5.41, 5.74) is 6.65. The van der Waals surface area contributed by atoms with E-state index in [1.165, 1.54) is 0 Å². The quantitative estimate of drug-likeness (QED) is 0.756. The van der Waals surface area contributed by atoms with Gasteiger partial charge in [0.1, 0.15) is 0 Å². The number of rotatable bonds is 5. The summed E-state index contributed by atoms with van der Waals surface area (Å²) in [5.74, 6) is 0.146. The lowest BCUT2D eigenvalue weighted by atomic mass is 10.1. The molecule has 0 aromatic carbocycles. The molecule has 1 aromatic heterocycles. The first kappa shape index (κ1) is 11.7. The minimum Gasteiger partial charge on any atom is -0.378 e. The van der Waals surface area contributed by atoms with Gasteiger partial charge in [-0.2, -0.15) is 0 Å². The van der Waals surface area contributed by atoms with E-state index in [1.54, 1.807) is 7.11 Å². The highest BCUT2D eigenvalue weighted by Gasteiger charge is 2.09. The highest BCUT2D eigenvalue weighted by atomic mass is 16.5. The molecule has 5 heteroatoms. The van der Waals surface area contributed by atoms with Crippen molar-refractivity contribution in [1.29, 1.82) is 0 Å². The van der Waals surface area contributed by atoms with Crippen molar-refractivity contribution in [1.82, 2.24) is 9.97 Å². The third-order valence-corrected chi connectivity index (χ3v) is 2.18. The summed E-state index contributed by atoms with van der Waals surface area (Å²) in [5, 5.41) is 0. The number of H-pyrrole nitrogens is 1. The summed E-state index contributed by atoms with van der Waals surface area (Å²) in [4.78, 5) is 18.2. The molecule has 0 saturated carbocycles. The molecule has 5 nitrogen and oxygen atoms in total. The highest BCUT2D eigenvalue weighted by molar-refractivity contribution is 5.25. The van der Waals surface area contributed by atoms with Gasteiger partial charge in [0, 0.05) is 12.7 Å². The van der Waals surface area contributed by atoms with Gasteiger partial charge in [-0.15, -0.1) is 0 Å². The van der Waals surface area contributed by atoms with Crippen LogP contribution in [-0.2, 0) is 17.8 Å². The van der Waals surface area contributed by atoms with Crippen LogP contribution in [0.3, 0.4) is 0 Å². The van der Waals surface area contributed by atoms with Gasteiger partial charge in [0.05, 0.1) is 12.3 Å². The number of methoxy groups -OCH3 is 1. The second kappa shape index (κ2) is 5.50. The normalized spacial score (nSPS) is 10.5. The minimum atomic E-state index is -0.150. The van der Waals surface area contributed by atoms with Crippen molar-refractivity contribution in [2.45, 2.75) is 32.8 Å². The maximum atomic E-state index is 11.6. The predicted molar refractivity (Wildman–Crippen MR) is 58.6 cm³/mol. The SMILES string of the molecule is CCCCc1c(COC)nc(N)[nH]c1=O. The molecule has 0 radical (unpaired) electrons. The fraction of sp³-hybridized carbons (Fsp3) is 0.600. The Balaban J connectivity index is 3.03. The molecule has 3 N–H and O–H groups in total. The van der Waals surface area contributed by atoms with Crippen LogP contribution in [0.4, 0.5) is 5.95 Å². The fourth-order valence-corrected chi connectivity index (χ4v) is 1.43. The Morgan fingerprint density at radius 3 is 2.87 bits per heavy atom. The van der Waals surface area contributed by atoms with E-state index in [4.69, 9.17) is 10.5 Å². The standard InChI is InChI=1S/C10H17N3O2/c1-3-4-5-7-8(6-15-2)12-10(11)13-9(7)14/h3-6H2,1-2H3,(H3,11,12,13,14). The minimum absolute atomic E-state index is 0.146. The van der Waals surface area contributed by atoms with Gasteiger partial charge in [-0.1, -0.05) is 13.3 Å².